The van der Waals surface area contributed by atoms with Gasteiger partial charge in [-0.3, -0.25) is 15.0 Å². The van der Waals surface area contributed by atoms with E-state index in [1.165, 1.54) is 0 Å². The predicted octanol–water partition coefficient (Wildman–Crippen LogP) is 0.176. The summed E-state index contributed by atoms with van der Waals surface area (Å²) in [7, 11) is 3.83. The fourth-order valence-electron chi connectivity index (χ4n) is 1.22. The Balaban J connectivity index is 2.56. The third-order valence-electron chi connectivity index (χ3n) is 2.30. The van der Waals surface area contributed by atoms with Gasteiger partial charge in [-0.25, -0.2) is 0 Å². The summed E-state index contributed by atoms with van der Waals surface area (Å²) in [5.41, 5.74) is 6.54. The molecule has 1 rings (SSSR count). The Morgan fingerprint density at radius 1 is 1.79 bits per heavy atom. The van der Waals surface area contributed by atoms with Crippen molar-refractivity contribution in [2.75, 3.05) is 7.05 Å². The van der Waals surface area contributed by atoms with Crippen molar-refractivity contribution in [3.05, 3.63) is 18.0 Å². The van der Waals surface area contributed by atoms with E-state index in [0.29, 0.717) is 0 Å². The van der Waals surface area contributed by atoms with Crippen LogP contribution in [0.15, 0.2) is 12.4 Å². The van der Waals surface area contributed by atoms with Crippen LogP contribution in [-0.2, 0) is 13.6 Å². The minimum atomic E-state index is -0.0322. The highest BCUT2D eigenvalue weighted by atomic mass is 15.2. The summed E-state index contributed by atoms with van der Waals surface area (Å²) >= 11 is 0. The molecule has 0 saturated carbocycles. The number of hydrogen-bond acceptors (Lipinski definition) is 3. The molecule has 0 amide bonds. The van der Waals surface area contributed by atoms with E-state index < -0.39 is 0 Å². The third kappa shape index (κ3) is 2.56. The van der Waals surface area contributed by atoms with Crippen LogP contribution in [0, 0.1) is 5.41 Å². The third-order valence-corrected chi connectivity index (χ3v) is 2.30. The number of likely N-dealkylation sites (N-methyl/N-ethyl adjacent to an activating group) is 1. The highest BCUT2D eigenvalue weighted by Gasteiger charge is 2.12. The molecule has 0 aliphatic carbocycles. The predicted molar refractivity (Wildman–Crippen MR) is 56.1 cm³/mol. The molecule has 0 fully saturated rings. The minimum Gasteiger partial charge on any atom is -0.386 e. The van der Waals surface area contributed by atoms with Gasteiger partial charge in [0.15, 0.2) is 0 Å². The van der Waals surface area contributed by atoms with Crippen LogP contribution >= 0.6 is 0 Å². The summed E-state index contributed by atoms with van der Waals surface area (Å²) in [5.74, 6) is 0.191. The molecule has 0 aliphatic heterocycles. The molecule has 0 saturated heterocycles. The fourth-order valence-corrected chi connectivity index (χ4v) is 1.22. The molecule has 5 nitrogen and oxygen atoms in total. The Kier molecular flexibility index (Phi) is 3.24. The number of aromatic nitrogens is 2. The zero-order valence-electron chi connectivity index (χ0n) is 8.86. The van der Waals surface area contributed by atoms with Crippen molar-refractivity contribution in [1.29, 1.82) is 5.41 Å². The Morgan fingerprint density at radius 2 is 2.43 bits per heavy atom. The van der Waals surface area contributed by atoms with E-state index in [1.807, 2.05) is 38.3 Å². The maximum absolute atomic E-state index is 7.32. The van der Waals surface area contributed by atoms with E-state index in [2.05, 4.69) is 5.10 Å². The SMILES string of the molecule is CC(C(=N)N)N(C)Cc1cnn(C)c1. The highest BCUT2D eigenvalue weighted by Crippen LogP contribution is 2.04. The number of rotatable bonds is 4. The number of nitrogens with one attached hydrogen (secondary N) is 1. The highest BCUT2D eigenvalue weighted by molar-refractivity contribution is 5.82. The average molecular weight is 195 g/mol. The molecule has 5 heteroatoms. The zero-order valence-corrected chi connectivity index (χ0v) is 8.86. The zero-order chi connectivity index (χ0) is 10.7. The van der Waals surface area contributed by atoms with E-state index in [-0.39, 0.29) is 11.9 Å². The van der Waals surface area contributed by atoms with Gasteiger partial charge in [-0.1, -0.05) is 0 Å². The van der Waals surface area contributed by atoms with Crippen molar-refractivity contribution in [3.63, 3.8) is 0 Å². The second kappa shape index (κ2) is 4.23. The molecule has 0 spiro atoms. The first-order valence-corrected chi connectivity index (χ1v) is 4.52. The van der Waals surface area contributed by atoms with Crippen LogP contribution in [0.5, 0.6) is 0 Å². The molecule has 0 aromatic carbocycles. The number of aryl methyl sites for hydroxylation is 1. The number of amidine groups is 1. The standard InChI is InChI=1S/C9H17N5/c1-7(9(10)11)13(2)5-8-4-12-14(3)6-8/h4,6-7H,5H2,1-3H3,(H3,10,11). The number of nitrogens with two attached hydrogens (primary N) is 1. The van der Waals surface area contributed by atoms with Gasteiger partial charge in [-0.05, 0) is 14.0 Å². The molecule has 78 valence electrons. The minimum absolute atomic E-state index is 0.0322. The van der Waals surface area contributed by atoms with E-state index >= 15 is 0 Å². The monoisotopic (exact) mass is 195 g/mol. The lowest BCUT2D eigenvalue weighted by Gasteiger charge is -2.22. The van der Waals surface area contributed by atoms with E-state index in [1.54, 1.807) is 4.68 Å². The van der Waals surface area contributed by atoms with E-state index in [0.717, 1.165) is 12.1 Å². The van der Waals surface area contributed by atoms with Crippen LogP contribution in [0.1, 0.15) is 12.5 Å². The lowest BCUT2D eigenvalue weighted by molar-refractivity contribution is 0.301. The normalized spacial score (nSPS) is 13.1. The second-order valence-electron chi connectivity index (χ2n) is 3.57. The topological polar surface area (TPSA) is 70.9 Å². The summed E-state index contributed by atoms with van der Waals surface area (Å²) in [6, 6.07) is -0.0322. The molecular weight excluding hydrogens is 178 g/mol. The van der Waals surface area contributed by atoms with Gasteiger partial charge in [0.25, 0.3) is 0 Å². The summed E-state index contributed by atoms with van der Waals surface area (Å²) in [6.45, 7) is 2.67. The van der Waals surface area contributed by atoms with Crippen molar-refractivity contribution >= 4 is 5.84 Å². The first kappa shape index (κ1) is 10.7. The first-order chi connectivity index (χ1) is 6.50. The molecule has 1 heterocycles. The van der Waals surface area contributed by atoms with Crippen molar-refractivity contribution in [2.45, 2.75) is 19.5 Å². The summed E-state index contributed by atoms with van der Waals surface area (Å²) in [5, 5.41) is 11.4. The van der Waals surface area contributed by atoms with Crippen molar-refractivity contribution in [1.82, 2.24) is 14.7 Å². The molecule has 1 aromatic heterocycles. The van der Waals surface area contributed by atoms with Crippen molar-refractivity contribution < 1.29 is 0 Å². The smallest absolute Gasteiger partial charge is 0.108 e. The van der Waals surface area contributed by atoms with Crippen molar-refractivity contribution in [2.24, 2.45) is 12.8 Å². The molecule has 1 aromatic rings. The molecule has 0 radical (unpaired) electrons. The lowest BCUT2D eigenvalue weighted by Crippen LogP contribution is -2.39. The molecule has 0 bridgehead atoms. The van der Waals surface area contributed by atoms with Crippen LogP contribution in [0.2, 0.25) is 0 Å². The molecule has 0 aliphatic rings. The van der Waals surface area contributed by atoms with Crippen LogP contribution in [0.25, 0.3) is 0 Å². The van der Waals surface area contributed by atoms with Gasteiger partial charge in [0.2, 0.25) is 0 Å². The van der Waals surface area contributed by atoms with Crippen molar-refractivity contribution in [3.8, 4) is 0 Å². The van der Waals surface area contributed by atoms with Gasteiger partial charge in [-0.15, -0.1) is 0 Å². The van der Waals surface area contributed by atoms with Crippen LogP contribution < -0.4 is 5.73 Å². The largest absolute Gasteiger partial charge is 0.386 e. The van der Waals surface area contributed by atoms with Gasteiger partial charge in [0.1, 0.15) is 5.84 Å². The molecule has 1 unspecified atom stereocenters. The quantitative estimate of drug-likeness (QED) is 0.531. The summed E-state index contributed by atoms with van der Waals surface area (Å²) < 4.78 is 1.77. The van der Waals surface area contributed by atoms with E-state index in [4.69, 9.17) is 11.1 Å². The maximum atomic E-state index is 7.32. The first-order valence-electron chi connectivity index (χ1n) is 4.52. The Bertz CT molecular complexity index is 317. The summed E-state index contributed by atoms with van der Waals surface area (Å²) in [6.07, 6.45) is 3.78. The van der Waals surface area contributed by atoms with Crippen LogP contribution in [0.4, 0.5) is 0 Å². The van der Waals surface area contributed by atoms with Gasteiger partial charge >= 0.3 is 0 Å². The molecule has 3 N–H and O–H groups in total. The lowest BCUT2D eigenvalue weighted by atomic mass is 10.2. The number of nitrogens with zero attached hydrogens (tertiary/aromatic N) is 3. The molecule has 1 atom stereocenters. The second-order valence-corrected chi connectivity index (χ2v) is 3.57. The van der Waals surface area contributed by atoms with Crippen LogP contribution in [-0.4, -0.2) is 33.6 Å². The van der Waals surface area contributed by atoms with E-state index in [9.17, 15) is 0 Å². The van der Waals surface area contributed by atoms with Gasteiger partial charge in [0, 0.05) is 25.4 Å². The summed E-state index contributed by atoms with van der Waals surface area (Å²) in [4.78, 5) is 2.01. The Hall–Kier alpha value is -1.36. The van der Waals surface area contributed by atoms with Gasteiger partial charge in [0.05, 0.1) is 12.2 Å². The fraction of sp³-hybridized carbons (Fsp3) is 0.556. The van der Waals surface area contributed by atoms with Crippen LogP contribution in [0.3, 0.4) is 0 Å². The molecular formula is C9H17N5. The number of hydrogen-bond donors (Lipinski definition) is 2. The Labute approximate surface area is 84.0 Å². The average Bonchev–Trinajstić information content (AvgIpc) is 2.49. The maximum Gasteiger partial charge on any atom is 0.108 e. The molecule has 14 heavy (non-hydrogen) atoms. The Morgan fingerprint density at radius 3 is 2.86 bits per heavy atom. The van der Waals surface area contributed by atoms with Gasteiger partial charge in [-0.2, -0.15) is 5.10 Å². The van der Waals surface area contributed by atoms with Gasteiger partial charge < -0.3 is 5.73 Å².